The average molecular weight is 338 g/mol. The van der Waals surface area contributed by atoms with Crippen LogP contribution < -0.4 is 0 Å². The number of rotatable bonds is 4. The number of ether oxygens (including phenoxy) is 2. The summed E-state index contributed by atoms with van der Waals surface area (Å²) in [5, 5.41) is 0. The molecule has 0 heterocycles. The van der Waals surface area contributed by atoms with Gasteiger partial charge in [0.05, 0.1) is 6.61 Å². The highest BCUT2D eigenvalue weighted by Crippen LogP contribution is 2.22. The Labute approximate surface area is 107 Å². The zero-order chi connectivity index (χ0) is 11.5. The molecule has 1 aromatic carbocycles. The number of methoxy groups -OCH3 is 1. The lowest BCUT2D eigenvalue weighted by Gasteiger charge is -2.23. The van der Waals surface area contributed by atoms with Gasteiger partial charge in [-0.1, -0.05) is 31.9 Å². The van der Waals surface area contributed by atoms with Crippen LogP contribution in [-0.4, -0.2) is 12.9 Å². The van der Waals surface area contributed by atoms with Crippen molar-refractivity contribution in [2.45, 2.75) is 26.2 Å². The summed E-state index contributed by atoms with van der Waals surface area (Å²) >= 11 is 6.87. The topological polar surface area (TPSA) is 18.5 Å². The van der Waals surface area contributed by atoms with E-state index in [0.29, 0.717) is 6.61 Å². The first kappa shape index (κ1) is 13.2. The molecule has 84 valence electrons. The first-order chi connectivity index (χ1) is 6.93. The molecule has 1 aromatic rings. The molecule has 0 atom stereocenters. The molecular weight excluding hydrogens is 324 g/mol. The monoisotopic (exact) mass is 336 g/mol. The van der Waals surface area contributed by atoms with E-state index in [1.165, 1.54) is 0 Å². The minimum Gasteiger partial charge on any atom is -0.354 e. The van der Waals surface area contributed by atoms with Crippen molar-refractivity contribution in [3.05, 3.63) is 32.7 Å². The highest BCUT2D eigenvalue weighted by Gasteiger charge is 2.16. The zero-order valence-electron chi connectivity index (χ0n) is 9.01. The van der Waals surface area contributed by atoms with Crippen molar-refractivity contribution in [2.24, 2.45) is 0 Å². The van der Waals surface area contributed by atoms with E-state index in [0.717, 1.165) is 14.5 Å². The third kappa shape index (κ3) is 4.64. The smallest absolute Gasteiger partial charge is 0.162 e. The average Bonchev–Trinajstić information content (AvgIpc) is 2.14. The van der Waals surface area contributed by atoms with Crippen molar-refractivity contribution in [3.63, 3.8) is 0 Å². The van der Waals surface area contributed by atoms with Crippen molar-refractivity contribution in [3.8, 4) is 0 Å². The Morgan fingerprint density at radius 1 is 1.13 bits per heavy atom. The van der Waals surface area contributed by atoms with Gasteiger partial charge in [-0.3, -0.25) is 0 Å². The summed E-state index contributed by atoms with van der Waals surface area (Å²) in [7, 11) is 1.64. The molecule has 0 saturated carbocycles. The van der Waals surface area contributed by atoms with E-state index in [4.69, 9.17) is 9.47 Å². The molecule has 0 aliphatic rings. The van der Waals surface area contributed by atoms with Crippen LogP contribution in [0.3, 0.4) is 0 Å². The second kappa shape index (κ2) is 5.43. The van der Waals surface area contributed by atoms with Gasteiger partial charge >= 0.3 is 0 Å². The van der Waals surface area contributed by atoms with Crippen molar-refractivity contribution in [2.75, 3.05) is 7.11 Å². The van der Waals surface area contributed by atoms with Crippen LogP contribution in [0.5, 0.6) is 0 Å². The molecule has 2 nitrogen and oxygen atoms in total. The SMILES string of the molecule is COC(C)(C)OCc1cc(Br)cc(Br)c1. The van der Waals surface area contributed by atoms with Crippen LogP contribution in [-0.2, 0) is 16.1 Å². The molecule has 4 heteroatoms. The maximum Gasteiger partial charge on any atom is 0.162 e. The predicted octanol–water partition coefficient (Wildman–Crippen LogP) is 4.11. The van der Waals surface area contributed by atoms with Crippen molar-refractivity contribution in [1.29, 1.82) is 0 Å². The number of hydrogen-bond acceptors (Lipinski definition) is 2. The predicted molar refractivity (Wildman–Crippen MR) is 67.7 cm³/mol. The van der Waals surface area contributed by atoms with E-state index in [9.17, 15) is 0 Å². The first-order valence-corrected chi connectivity index (χ1v) is 6.15. The number of hydrogen-bond donors (Lipinski definition) is 0. The van der Waals surface area contributed by atoms with Gasteiger partial charge in [0.25, 0.3) is 0 Å². The van der Waals surface area contributed by atoms with E-state index in [2.05, 4.69) is 31.9 Å². The molecule has 1 rings (SSSR count). The summed E-state index contributed by atoms with van der Waals surface area (Å²) in [6.45, 7) is 4.30. The van der Waals surface area contributed by atoms with Gasteiger partial charge in [-0.25, -0.2) is 0 Å². The molecule has 0 amide bonds. The Morgan fingerprint density at radius 2 is 1.67 bits per heavy atom. The van der Waals surface area contributed by atoms with Gasteiger partial charge < -0.3 is 9.47 Å². The molecular formula is C11H14Br2O2. The maximum absolute atomic E-state index is 5.61. The minimum absolute atomic E-state index is 0.527. The molecule has 0 aliphatic carbocycles. The van der Waals surface area contributed by atoms with Crippen molar-refractivity contribution >= 4 is 31.9 Å². The summed E-state index contributed by atoms with van der Waals surface area (Å²) in [4.78, 5) is 0. The van der Waals surface area contributed by atoms with Crippen LogP contribution in [0.15, 0.2) is 27.1 Å². The van der Waals surface area contributed by atoms with Crippen LogP contribution >= 0.6 is 31.9 Å². The van der Waals surface area contributed by atoms with Gasteiger partial charge in [0.1, 0.15) is 0 Å². The van der Waals surface area contributed by atoms with Gasteiger partial charge in [0, 0.05) is 16.1 Å². The van der Waals surface area contributed by atoms with Gasteiger partial charge in [-0.05, 0) is 37.6 Å². The molecule has 0 fully saturated rings. The van der Waals surface area contributed by atoms with E-state index in [1.54, 1.807) is 7.11 Å². The molecule has 0 aliphatic heterocycles. The summed E-state index contributed by atoms with van der Waals surface area (Å²) in [5.41, 5.74) is 1.10. The second-order valence-corrected chi connectivity index (χ2v) is 5.50. The Balaban J connectivity index is 2.65. The number of benzene rings is 1. The molecule has 0 radical (unpaired) electrons. The van der Waals surface area contributed by atoms with Gasteiger partial charge in [-0.15, -0.1) is 0 Å². The summed E-state index contributed by atoms with van der Waals surface area (Å²) in [6.07, 6.45) is 0. The minimum atomic E-state index is -0.547. The molecule has 0 bridgehead atoms. The van der Waals surface area contributed by atoms with E-state index in [1.807, 2.05) is 32.0 Å². The first-order valence-electron chi connectivity index (χ1n) is 4.57. The Bertz CT molecular complexity index is 317. The molecule has 15 heavy (non-hydrogen) atoms. The Kier molecular flexibility index (Phi) is 4.77. The molecule has 0 N–H and O–H groups in total. The van der Waals surface area contributed by atoms with Gasteiger partial charge in [0.2, 0.25) is 0 Å². The lowest BCUT2D eigenvalue weighted by atomic mass is 10.2. The normalized spacial score (nSPS) is 11.8. The maximum atomic E-state index is 5.61. The van der Waals surface area contributed by atoms with Crippen molar-refractivity contribution in [1.82, 2.24) is 0 Å². The fourth-order valence-electron chi connectivity index (χ4n) is 1.01. The molecule has 0 spiro atoms. The van der Waals surface area contributed by atoms with E-state index < -0.39 is 5.79 Å². The quantitative estimate of drug-likeness (QED) is 0.770. The van der Waals surface area contributed by atoms with Crippen LogP contribution in [0.2, 0.25) is 0 Å². The third-order valence-electron chi connectivity index (χ3n) is 2.00. The van der Waals surface area contributed by atoms with Crippen molar-refractivity contribution < 1.29 is 9.47 Å². The lowest BCUT2D eigenvalue weighted by molar-refractivity contribution is -0.204. The largest absolute Gasteiger partial charge is 0.354 e. The number of halogens is 2. The summed E-state index contributed by atoms with van der Waals surface area (Å²) < 4.78 is 12.9. The Morgan fingerprint density at radius 3 is 2.13 bits per heavy atom. The molecule has 0 saturated heterocycles. The fourth-order valence-corrected chi connectivity index (χ4v) is 2.40. The Hall–Kier alpha value is 0.1000. The summed E-state index contributed by atoms with van der Waals surface area (Å²) in [5.74, 6) is -0.547. The highest BCUT2D eigenvalue weighted by molar-refractivity contribution is 9.11. The summed E-state index contributed by atoms with van der Waals surface area (Å²) in [6, 6.07) is 6.04. The second-order valence-electron chi connectivity index (χ2n) is 3.67. The fraction of sp³-hybridized carbons (Fsp3) is 0.455. The standard InChI is InChI=1S/C11H14Br2O2/c1-11(2,14-3)15-7-8-4-9(12)6-10(13)5-8/h4-6H,7H2,1-3H3. The van der Waals surface area contributed by atoms with Gasteiger partial charge in [0.15, 0.2) is 5.79 Å². The zero-order valence-corrected chi connectivity index (χ0v) is 12.2. The van der Waals surface area contributed by atoms with E-state index >= 15 is 0 Å². The van der Waals surface area contributed by atoms with Gasteiger partial charge in [-0.2, -0.15) is 0 Å². The highest BCUT2D eigenvalue weighted by atomic mass is 79.9. The molecule has 0 unspecified atom stereocenters. The van der Waals surface area contributed by atoms with Crippen LogP contribution in [0.4, 0.5) is 0 Å². The van der Waals surface area contributed by atoms with E-state index in [-0.39, 0.29) is 0 Å². The van der Waals surface area contributed by atoms with Crippen LogP contribution in [0, 0.1) is 0 Å². The third-order valence-corrected chi connectivity index (χ3v) is 2.92. The molecule has 0 aromatic heterocycles. The lowest BCUT2D eigenvalue weighted by Crippen LogP contribution is -2.26. The van der Waals surface area contributed by atoms with Crippen LogP contribution in [0.1, 0.15) is 19.4 Å². The van der Waals surface area contributed by atoms with Crippen LogP contribution in [0.25, 0.3) is 0 Å².